The number of aromatic nitrogens is 1. The lowest BCUT2D eigenvalue weighted by Crippen LogP contribution is -2.17. The minimum absolute atomic E-state index is 0.194. The number of rotatable bonds is 4. The van der Waals surface area contributed by atoms with Crippen molar-refractivity contribution in [3.63, 3.8) is 0 Å². The second-order valence-corrected chi connectivity index (χ2v) is 4.80. The van der Waals surface area contributed by atoms with Gasteiger partial charge in [-0.15, -0.1) is 0 Å². The summed E-state index contributed by atoms with van der Waals surface area (Å²) in [6, 6.07) is 1.79. The van der Waals surface area contributed by atoms with Crippen molar-refractivity contribution >= 4 is 16.8 Å². The Balaban J connectivity index is 2.65. The monoisotopic (exact) mass is 229 g/mol. The minimum atomic E-state index is -0.972. The van der Waals surface area contributed by atoms with Crippen molar-refractivity contribution in [2.24, 2.45) is 5.92 Å². The number of methoxy groups -OCH3 is 1. The molecule has 1 heterocycles. The highest BCUT2D eigenvalue weighted by Crippen LogP contribution is 2.09. The highest BCUT2D eigenvalue weighted by atomic mass is 32.2. The van der Waals surface area contributed by atoms with Crippen LogP contribution in [-0.4, -0.2) is 28.1 Å². The van der Waals surface area contributed by atoms with Gasteiger partial charge in [-0.2, -0.15) is 0 Å². The van der Waals surface area contributed by atoms with E-state index in [4.69, 9.17) is 0 Å². The van der Waals surface area contributed by atoms with E-state index in [0.29, 0.717) is 6.54 Å². The molecule has 0 aliphatic rings. The van der Waals surface area contributed by atoms with Gasteiger partial charge in [0, 0.05) is 25.2 Å². The molecule has 0 saturated carbocycles. The zero-order valence-corrected chi connectivity index (χ0v) is 9.91. The predicted molar refractivity (Wildman–Crippen MR) is 57.9 cm³/mol. The van der Waals surface area contributed by atoms with E-state index in [9.17, 15) is 9.00 Å². The van der Waals surface area contributed by atoms with E-state index in [1.54, 1.807) is 25.4 Å². The maximum absolute atomic E-state index is 11.2. The fourth-order valence-corrected chi connectivity index (χ4v) is 1.83. The molecule has 0 aliphatic heterocycles. The number of carbonyl (C=O) groups excluding carboxylic acids is 1. The summed E-state index contributed by atoms with van der Waals surface area (Å²) in [5.41, 5.74) is 0. The van der Waals surface area contributed by atoms with Crippen molar-refractivity contribution in [2.75, 3.05) is 13.4 Å². The molecule has 2 atom stereocenters. The summed E-state index contributed by atoms with van der Waals surface area (Å²) in [6.07, 6.45) is 5.23. The number of ether oxygens (including phenoxy) is 1. The SMILES string of the molecule is COC(=O)C(C)Cn1ccc(S(C)=O)c1. The topological polar surface area (TPSA) is 48.3 Å². The molecule has 0 saturated heterocycles. The molecule has 4 nitrogen and oxygen atoms in total. The van der Waals surface area contributed by atoms with Crippen LogP contribution in [0.25, 0.3) is 0 Å². The summed E-state index contributed by atoms with van der Waals surface area (Å²) in [5, 5.41) is 0. The van der Waals surface area contributed by atoms with Crippen molar-refractivity contribution in [2.45, 2.75) is 18.4 Å². The van der Waals surface area contributed by atoms with Crippen molar-refractivity contribution in [3.05, 3.63) is 18.5 Å². The normalized spacial score (nSPS) is 14.6. The van der Waals surface area contributed by atoms with Gasteiger partial charge in [-0.05, 0) is 6.07 Å². The first-order valence-corrected chi connectivity index (χ1v) is 6.17. The van der Waals surface area contributed by atoms with E-state index < -0.39 is 10.8 Å². The van der Waals surface area contributed by atoms with Crippen molar-refractivity contribution in [1.29, 1.82) is 0 Å². The van der Waals surface area contributed by atoms with Crippen LogP contribution in [0.4, 0.5) is 0 Å². The lowest BCUT2D eigenvalue weighted by Gasteiger charge is -2.09. The standard InChI is InChI=1S/C10H15NO3S/c1-8(10(12)14-2)6-11-5-4-9(7-11)15(3)13/h4-5,7-8H,6H2,1-3H3. The molecule has 5 heteroatoms. The average Bonchev–Trinajstić information content (AvgIpc) is 2.65. The Morgan fingerprint density at radius 3 is 2.80 bits per heavy atom. The Hall–Kier alpha value is -1.10. The second kappa shape index (κ2) is 5.11. The Kier molecular flexibility index (Phi) is 4.08. The maximum Gasteiger partial charge on any atom is 0.310 e. The first-order valence-electron chi connectivity index (χ1n) is 4.61. The van der Waals surface area contributed by atoms with Crippen molar-refractivity contribution in [1.82, 2.24) is 4.57 Å². The summed E-state index contributed by atoms with van der Waals surface area (Å²) in [5.74, 6) is -0.427. The summed E-state index contributed by atoms with van der Waals surface area (Å²) in [6.45, 7) is 2.35. The Morgan fingerprint density at radius 2 is 2.33 bits per heavy atom. The van der Waals surface area contributed by atoms with Gasteiger partial charge in [0.05, 0.1) is 28.7 Å². The lowest BCUT2D eigenvalue weighted by atomic mass is 10.2. The molecular weight excluding hydrogens is 214 g/mol. The average molecular weight is 229 g/mol. The van der Waals surface area contributed by atoms with Crippen LogP contribution in [0.5, 0.6) is 0 Å². The smallest absolute Gasteiger partial charge is 0.310 e. The van der Waals surface area contributed by atoms with Crippen molar-refractivity contribution < 1.29 is 13.7 Å². The lowest BCUT2D eigenvalue weighted by molar-refractivity contribution is -0.145. The van der Waals surface area contributed by atoms with Gasteiger partial charge in [-0.25, -0.2) is 0 Å². The van der Waals surface area contributed by atoms with Crippen LogP contribution >= 0.6 is 0 Å². The molecule has 0 aromatic carbocycles. The van der Waals surface area contributed by atoms with Gasteiger partial charge in [-0.3, -0.25) is 9.00 Å². The summed E-state index contributed by atoms with van der Waals surface area (Å²) < 4.78 is 17.6. The molecule has 1 aromatic heterocycles. The van der Waals surface area contributed by atoms with E-state index in [0.717, 1.165) is 4.90 Å². The van der Waals surface area contributed by atoms with Crippen LogP contribution in [0.15, 0.2) is 23.4 Å². The first kappa shape index (κ1) is 12.0. The van der Waals surface area contributed by atoms with Crippen LogP contribution < -0.4 is 0 Å². The number of hydrogen-bond acceptors (Lipinski definition) is 3. The summed E-state index contributed by atoms with van der Waals surface area (Å²) >= 11 is 0. The molecule has 0 bridgehead atoms. The molecule has 0 radical (unpaired) electrons. The van der Waals surface area contributed by atoms with E-state index in [-0.39, 0.29) is 11.9 Å². The Labute approximate surface area is 91.7 Å². The molecular formula is C10H15NO3S. The van der Waals surface area contributed by atoms with Gasteiger partial charge in [0.2, 0.25) is 0 Å². The first-order chi connectivity index (χ1) is 7.04. The third-order valence-electron chi connectivity index (χ3n) is 2.14. The molecule has 0 spiro atoms. The van der Waals surface area contributed by atoms with Crippen LogP contribution in [0.1, 0.15) is 6.92 Å². The maximum atomic E-state index is 11.2. The fraction of sp³-hybridized carbons (Fsp3) is 0.500. The number of carbonyl (C=O) groups is 1. The van der Waals surface area contributed by atoms with Gasteiger partial charge in [0.1, 0.15) is 0 Å². The van der Waals surface area contributed by atoms with E-state index in [1.807, 2.05) is 10.8 Å². The van der Waals surface area contributed by atoms with Gasteiger partial charge in [-0.1, -0.05) is 6.92 Å². The third-order valence-corrected chi connectivity index (χ3v) is 3.05. The third kappa shape index (κ3) is 3.20. The molecule has 0 aliphatic carbocycles. The van der Waals surface area contributed by atoms with Gasteiger partial charge < -0.3 is 9.30 Å². The molecule has 1 rings (SSSR count). The highest BCUT2D eigenvalue weighted by molar-refractivity contribution is 7.84. The number of esters is 1. The molecule has 0 amide bonds. The minimum Gasteiger partial charge on any atom is -0.469 e. The Morgan fingerprint density at radius 1 is 1.67 bits per heavy atom. The largest absolute Gasteiger partial charge is 0.469 e. The van der Waals surface area contributed by atoms with E-state index >= 15 is 0 Å². The van der Waals surface area contributed by atoms with Crippen LogP contribution in [-0.2, 0) is 26.9 Å². The van der Waals surface area contributed by atoms with Gasteiger partial charge in [0.15, 0.2) is 0 Å². The van der Waals surface area contributed by atoms with Crippen LogP contribution in [0.2, 0.25) is 0 Å². The quantitative estimate of drug-likeness (QED) is 0.725. The van der Waals surface area contributed by atoms with Crippen LogP contribution in [0, 0.1) is 5.92 Å². The summed E-state index contributed by atoms with van der Waals surface area (Å²) in [7, 11) is 0.404. The predicted octanol–water partition coefficient (Wildman–Crippen LogP) is 1.03. The Bertz CT molecular complexity index is 372. The highest BCUT2D eigenvalue weighted by Gasteiger charge is 2.13. The molecule has 0 fully saturated rings. The second-order valence-electron chi connectivity index (χ2n) is 3.42. The zero-order chi connectivity index (χ0) is 11.4. The molecule has 2 unspecified atom stereocenters. The molecule has 1 aromatic rings. The molecule has 0 N–H and O–H groups in total. The van der Waals surface area contributed by atoms with Gasteiger partial charge in [0.25, 0.3) is 0 Å². The molecule has 84 valence electrons. The van der Waals surface area contributed by atoms with E-state index in [2.05, 4.69) is 4.74 Å². The van der Waals surface area contributed by atoms with Crippen LogP contribution in [0.3, 0.4) is 0 Å². The number of hydrogen-bond donors (Lipinski definition) is 0. The fourth-order valence-electron chi connectivity index (χ4n) is 1.29. The molecule has 15 heavy (non-hydrogen) atoms. The zero-order valence-electron chi connectivity index (χ0n) is 9.10. The van der Waals surface area contributed by atoms with Crippen molar-refractivity contribution in [3.8, 4) is 0 Å². The number of nitrogens with zero attached hydrogens (tertiary/aromatic N) is 1. The summed E-state index contributed by atoms with van der Waals surface area (Å²) in [4.78, 5) is 11.9. The van der Waals surface area contributed by atoms with E-state index in [1.165, 1.54) is 7.11 Å². The van der Waals surface area contributed by atoms with Gasteiger partial charge >= 0.3 is 5.97 Å².